The number of anilines is 1. The summed E-state index contributed by atoms with van der Waals surface area (Å²) in [6.45, 7) is 0.633. The monoisotopic (exact) mass is 295 g/mol. The van der Waals surface area contributed by atoms with Crippen molar-refractivity contribution in [2.45, 2.75) is 6.54 Å². The summed E-state index contributed by atoms with van der Waals surface area (Å²) in [6, 6.07) is 11.7. The predicted octanol–water partition coefficient (Wildman–Crippen LogP) is 2.16. The van der Waals surface area contributed by atoms with Crippen molar-refractivity contribution in [3.05, 3.63) is 54.4 Å². The van der Waals surface area contributed by atoms with E-state index in [1.54, 1.807) is 12.3 Å². The second-order valence-electron chi connectivity index (χ2n) is 5.20. The summed E-state index contributed by atoms with van der Waals surface area (Å²) in [7, 11) is 3.85. The van der Waals surface area contributed by atoms with Crippen LogP contribution in [0.5, 0.6) is 5.75 Å². The summed E-state index contributed by atoms with van der Waals surface area (Å²) in [5.74, 6) is 1.40. The van der Waals surface area contributed by atoms with Crippen LogP contribution >= 0.6 is 0 Å². The molecule has 0 aliphatic carbocycles. The number of pyridine rings is 1. The second kappa shape index (κ2) is 5.85. The van der Waals surface area contributed by atoms with Gasteiger partial charge in [0.05, 0.1) is 12.7 Å². The Morgan fingerprint density at radius 2 is 1.91 bits per heavy atom. The molecule has 3 aromatic rings. The summed E-state index contributed by atoms with van der Waals surface area (Å²) < 4.78 is 1.84. The van der Waals surface area contributed by atoms with E-state index in [0.717, 1.165) is 11.5 Å². The van der Waals surface area contributed by atoms with Crippen molar-refractivity contribution in [2.75, 3.05) is 19.0 Å². The molecule has 0 saturated carbocycles. The molecule has 6 nitrogen and oxygen atoms in total. The van der Waals surface area contributed by atoms with E-state index < -0.39 is 0 Å². The van der Waals surface area contributed by atoms with Gasteiger partial charge in [0.2, 0.25) is 5.95 Å². The molecule has 2 heterocycles. The Labute approximate surface area is 128 Å². The molecule has 6 heteroatoms. The van der Waals surface area contributed by atoms with Gasteiger partial charge < -0.3 is 10.0 Å². The lowest BCUT2D eigenvalue weighted by Crippen LogP contribution is -2.16. The molecule has 0 fully saturated rings. The maximum atomic E-state index is 9.56. The fourth-order valence-corrected chi connectivity index (χ4v) is 2.20. The van der Waals surface area contributed by atoms with Crippen molar-refractivity contribution in [1.82, 2.24) is 19.7 Å². The van der Waals surface area contributed by atoms with Gasteiger partial charge in [-0.25, -0.2) is 4.68 Å². The van der Waals surface area contributed by atoms with Gasteiger partial charge in [0.1, 0.15) is 5.75 Å². The number of rotatable bonds is 4. The molecule has 0 aliphatic heterocycles. The molecule has 0 aliphatic rings. The molecule has 1 N–H and O–H groups in total. The predicted molar refractivity (Wildman–Crippen MR) is 84.8 cm³/mol. The van der Waals surface area contributed by atoms with Crippen molar-refractivity contribution in [3.8, 4) is 17.1 Å². The number of aromatic nitrogens is 4. The molecule has 2 aromatic heterocycles. The molecule has 1 aromatic carbocycles. The minimum Gasteiger partial charge on any atom is -0.506 e. The Balaban J connectivity index is 1.99. The smallest absolute Gasteiger partial charge is 0.224 e. The third kappa shape index (κ3) is 2.90. The van der Waals surface area contributed by atoms with Crippen LogP contribution < -0.4 is 4.90 Å². The lowest BCUT2D eigenvalue weighted by molar-refractivity contribution is 0.473. The molecule has 0 bridgehead atoms. The third-order valence-corrected chi connectivity index (χ3v) is 3.21. The highest BCUT2D eigenvalue weighted by atomic mass is 16.3. The molecular formula is C16H17N5O. The van der Waals surface area contributed by atoms with Gasteiger partial charge in [-0.2, -0.15) is 4.98 Å². The summed E-state index contributed by atoms with van der Waals surface area (Å²) in [5, 5.41) is 14.1. The van der Waals surface area contributed by atoms with Crippen LogP contribution in [0.25, 0.3) is 11.4 Å². The van der Waals surface area contributed by atoms with Crippen LogP contribution in [0.1, 0.15) is 5.56 Å². The van der Waals surface area contributed by atoms with Gasteiger partial charge in [-0.15, -0.1) is 5.10 Å². The van der Waals surface area contributed by atoms with E-state index in [-0.39, 0.29) is 5.75 Å². The van der Waals surface area contributed by atoms with Gasteiger partial charge in [0, 0.05) is 25.9 Å². The van der Waals surface area contributed by atoms with Crippen molar-refractivity contribution >= 4 is 5.95 Å². The molecular weight excluding hydrogens is 278 g/mol. The quantitative estimate of drug-likeness (QED) is 0.799. The number of nitrogens with zero attached hydrogens (tertiary/aromatic N) is 5. The number of benzene rings is 1. The Hall–Kier alpha value is -2.89. The van der Waals surface area contributed by atoms with E-state index in [0.29, 0.717) is 17.9 Å². The highest BCUT2D eigenvalue weighted by Gasteiger charge is 2.14. The van der Waals surface area contributed by atoms with Crippen molar-refractivity contribution < 1.29 is 5.11 Å². The van der Waals surface area contributed by atoms with Crippen LogP contribution in [0, 0.1) is 0 Å². The molecule has 0 amide bonds. The first-order chi connectivity index (χ1) is 10.6. The van der Waals surface area contributed by atoms with Crippen molar-refractivity contribution in [3.63, 3.8) is 0 Å². The van der Waals surface area contributed by atoms with Gasteiger partial charge in [0.15, 0.2) is 5.82 Å². The maximum absolute atomic E-state index is 9.56. The Morgan fingerprint density at radius 3 is 2.59 bits per heavy atom. The van der Waals surface area contributed by atoms with E-state index in [1.807, 2.05) is 41.9 Å². The first-order valence-corrected chi connectivity index (χ1v) is 6.94. The summed E-state index contributed by atoms with van der Waals surface area (Å²) in [4.78, 5) is 10.4. The zero-order chi connectivity index (χ0) is 15.5. The van der Waals surface area contributed by atoms with Gasteiger partial charge >= 0.3 is 0 Å². The van der Waals surface area contributed by atoms with Gasteiger partial charge in [-0.1, -0.05) is 30.3 Å². The van der Waals surface area contributed by atoms with Crippen LogP contribution in [0.2, 0.25) is 0 Å². The summed E-state index contributed by atoms with van der Waals surface area (Å²) in [6.07, 6.45) is 3.03. The lowest BCUT2D eigenvalue weighted by atomic mass is 10.2. The van der Waals surface area contributed by atoms with E-state index >= 15 is 0 Å². The fourth-order valence-electron chi connectivity index (χ4n) is 2.20. The first-order valence-electron chi connectivity index (χ1n) is 6.94. The normalized spacial score (nSPS) is 10.6. The minimum absolute atomic E-state index is 0.100. The summed E-state index contributed by atoms with van der Waals surface area (Å²) >= 11 is 0. The summed E-state index contributed by atoms with van der Waals surface area (Å²) in [5.41, 5.74) is 1.84. The fraction of sp³-hybridized carbons (Fsp3) is 0.188. The van der Waals surface area contributed by atoms with E-state index in [4.69, 9.17) is 0 Å². The number of hydrogen-bond acceptors (Lipinski definition) is 5. The zero-order valence-corrected chi connectivity index (χ0v) is 12.5. The molecule has 0 atom stereocenters. The number of hydrogen-bond donors (Lipinski definition) is 1. The number of aromatic hydroxyl groups is 1. The van der Waals surface area contributed by atoms with Gasteiger partial charge in [-0.05, 0) is 11.6 Å². The highest BCUT2D eigenvalue weighted by Crippen LogP contribution is 2.22. The second-order valence-corrected chi connectivity index (χ2v) is 5.20. The Kier molecular flexibility index (Phi) is 3.74. The standard InChI is InChI=1S/C16H17N5O/c1-20(2)16-18-15(13-8-14(22)10-17-9-13)19-21(16)11-12-6-4-3-5-7-12/h3-10,22H,11H2,1-2H3. The SMILES string of the molecule is CN(C)c1nc(-c2cncc(O)c2)nn1Cc1ccccc1. The Morgan fingerprint density at radius 1 is 1.14 bits per heavy atom. The average molecular weight is 295 g/mol. The van der Waals surface area contributed by atoms with E-state index in [1.165, 1.54) is 6.20 Å². The molecule has 0 saturated heterocycles. The molecule has 22 heavy (non-hydrogen) atoms. The maximum Gasteiger partial charge on any atom is 0.224 e. The highest BCUT2D eigenvalue weighted by molar-refractivity contribution is 5.57. The first kappa shape index (κ1) is 14.1. The van der Waals surface area contributed by atoms with Crippen LogP contribution in [-0.4, -0.2) is 39.0 Å². The zero-order valence-electron chi connectivity index (χ0n) is 12.5. The molecule has 0 radical (unpaired) electrons. The lowest BCUT2D eigenvalue weighted by Gasteiger charge is -2.12. The van der Waals surface area contributed by atoms with Crippen LogP contribution in [0.4, 0.5) is 5.95 Å². The van der Waals surface area contributed by atoms with E-state index in [2.05, 4.69) is 27.2 Å². The molecule has 112 valence electrons. The van der Waals surface area contributed by atoms with Gasteiger partial charge in [-0.3, -0.25) is 4.98 Å². The molecule has 0 spiro atoms. The van der Waals surface area contributed by atoms with Crippen molar-refractivity contribution in [2.24, 2.45) is 0 Å². The topological polar surface area (TPSA) is 67.1 Å². The average Bonchev–Trinajstić information content (AvgIpc) is 2.92. The van der Waals surface area contributed by atoms with Gasteiger partial charge in [0.25, 0.3) is 0 Å². The van der Waals surface area contributed by atoms with Crippen LogP contribution in [-0.2, 0) is 6.54 Å². The van der Waals surface area contributed by atoms with E-state index in [9.17, 15) is 5.11 Å². The molecule has 0 unspecified atom stereocenters. The van der Waals surface area contributed by atoms with Crippen LogP contribution in [0.15, 0.2) is 48.8 Å². The third-order valence-electron chi connectivity index (χ3n) is 3.21. The Bertz CT molecular complexity index is 767. The minimum atomic E-state index is 0.100. The van der Waals surface area contributed by atoms with Crippen molar-refractivity contribution in [1.29, 1.82) is 0 Å². The largest absolute Gasteiger partial charge is 0.506 e. The molecule has 3 rings (SSSR count). The van der Waals surface area contributed by atoms with Crippen LogP contribution in [0.3, 0.4) is 0 Å².